The molecular weight excluding hydrogens is 214 g/mol. The van der Waals surface area contributed by atoms with Crippen LogP contribution in [0.3, 0.4) is 0 Å². The van der Waals surface area contributed by atoms with Gasteiger partial charge in [-0.15, -0.1) is 0 Å². The Hall–Kier alpha value is -1.68. The van der Waals surface area contributed by atoms with Crippen molar-refractivity contribution in [3.63, 3.8) is 0 Å². The molecule has 0 amide bonds. The lowest BCUT2D eigenvalue weighted by molar-refractivity contribution is 0.0539. The fourth-order valence-electron chi connectivity index (χ4n) is 2.06. The van der Waals surface area contributed by atoms with Crippen LogP contribution in [0.5, 0.6) is 0 Å². The molecule has 2 rings (SSSR count). The van der Waals surface area contributed by atoms with Crippen LogP contribution in [0.1, 0.15) is 23.9 Å². The maximum absolute atomic E-state index is 10.6. The third-order valence-corrected chi connectivity index (χ3v) is 3.03. The highest BCUT2D eigenvalue weighted by Gasteiger charge is 2.26. The second kappa shape index (κ2) is 4.30. The minimum absolute atomic E-state index is 0.453. The first-order chi connectivity index (χ1) is 8.00. The highest BCUT2D eigenvalue weighted by molar-refractivity contribution is 5.31. The van der Waals surface area contributed by atoms with Gasteiger partial charge in [0.2, 0.25) is 0 Å². The maximum atomic E-state index is 10.6. The number of nitrogens with zero attached hydrogens (tertiary/aromatic N) is 3. The molecule has 0 radical (unpaired) electrons. The first-order valence-electron chi connectivity index (χ1n) is 5.62. The standard InChI is InChI=1S/C13H17N3O/c1-10-6-4-5-7-11(10)13(2,17)8-12-14-9-15-16(12)3/h4-7,9,17H,8H2,1-3H3. The van der Waals surface area contributed by atoms with Crippen molar-refractivity contribution in [3.05, 3.63) is 47.5 Å². The fourth-order valence-corrected chi connectivity index (χ4v) is 2.06. The van der Waals surface area contributed by atoms with Gasteiger partial charge in [-0.05, 0) is 25.0 Å². The van der Waals surface area contributed by atoms with Crippen molar-refractivity contribution in [1.82, 2.24) is 14.8 Å². The summed E-state index contributed by atoms with van der Waals surface area (Å²) >= 11 is 0. The van der Waals surface area contributed by atoms with E-state index in [1.807, 2.05) is 45.2 Å². The molecular formula is C13H17N3O. The second-order valence-electron chi connectivity index (χ2n) is 4.57. The number of aryl methyl sites for hydroxylation is 2. The molecule has 4 nitrogen and oxygen atoms in total. The minimum atomic E-state index is -0.924. The van der Waals surface area contributed by atoms with E-state index in [9.17, 15) is 5.11 Å². The molecule has 17 heavy (non-hydrogen) atoms. The Morgan fingerprint density at radius 2 is 2.06 bits per heavy atom. The van der Waals surface area contributed by atoms with Crippen molar-refractivity contribution in [2.75, 3.05) is 0 Å². The van der Waals surface area contributed by atoms with Gasteiger partial charge >= 0.3 is 0 Å². The van der Waals surface area contributed by atoms with E-state index in [1.165, 1.54) is 6.33 Å². The smallest absolute Gasteiger partial charge is 0.138 e. The Balaban J connectivity index is 2.31. The molecule has 0 spiro atoms. The van der Waals surface area contributed by atoms with Crippen molar-refractivity contribution < 1.29 is 5.11 Å². The number of aromatic nitrogens is 3. The van der Waals surface area contributed by atoms with Crippen LogP contribution in [0.2, 0.25) is 0 Å². The van der Waals surface area contributed by atoms with E-state index >= 15 is 0 Å². The van der Waals surface area contributed by atoms with Crippen LogP contribution in [0.4, 0.5) is 0 Å². The normalized spacial score (nSPS) is 14.6. The number of rotatable bonds is 3. The fraction of sp³-hybridized carbons (Fsp3) is 0.385. The summed E-state index contributed by atoms with van der Waals surface area (Å²) in [6, 6.07) is 7.86. The van der Waals surface area contributed by atoms with Crippen LogP contribution < -0.4 is 0 Å². The quantitative estimate of drug-likeness (QED) is 0.872. The van der Waals surface area contributed by atoms with E-state index in [1.54, 1.807) is 4.68 Å². The Labute approximate surface area is 101 Å². The van der Waals surface area contributed by atoms with Gasteiger partial charge in [-0.1, -0.05) is 24.3 Å². The summed E-state index contributed by atoms with van der Waals surface area (Å²) in [4.78, 5) is 4.15. The Morgan fingerprint density at radius 1 is 1.35 bits per heavy atom. The van der Waals surface area contributed by atoms with Crippen LogP contribution in [0.25, 0.3) is 0 Å². The second-order valence-corrected chi connectivity index (χ2v) is 4.57. The van der Waals surface area contributed by atoms with Gasteiger partial charge in [0.25, 0.3) is 0 Å². The van der Waals surface area contributed by atoms with Gasteiger partial charge < -0.3 is 5.11 Å². The molecule has 2 aromatic rings. The lowest BCUT2D eigenvalue weighted by atomic mass is 9.89. The molecule has 1 N–H and O–H groups in total. The molecule has 0 saturated heterocycles. The van der Waals surface area contributed by atoms with Crippen molar-refractivity contribution in [2.24, 2.45) is 7.05 Å². The van der Waals surface area contributed by atoms with Crippen molar-refractivity contribution in [2.45, 2.75) is 25.9 Å². The zero-order valence-corrected chi connectivity index (χ0v) is 10.4. The van der Waals surface area contributed by atoms with E-state index in [0.717, 1.165) is 17.0 Å². The summed E-state index contributed by atoms with van der Waals surface area (Å²) in [6.07, 6.45) is 1.96. The molecule has 0 aliphatic rings. The number of hydrogen-bond donors (Lipinski definition) is 1. The molecule has 0 bridgehead atoms. The Bertz CT molecular complexity index is 517. The van der Waals surface area contributed by atoms with E-state index in [4.69, 9.17) is 0 Å². The zero-order valence-electron chi connectivity index (χ0n) is 10.4. The zero-order chi connectivity index (χ0) is 12.5. The van der Waals surface area contributed by atoms with Crippen molar-refractivity contribution >= 4 is 0 Å². The monoisotopic (exact) mass is 231 g/mol. The van der Waals surface area contributed by atoms with Crippen LogP contribution in [0, 0.1) is 6.92 Å². The topological polar surface area (TPSA) is 50.9 Å². The SMILES string of the molecule is Cc1ccccc1C(C)(O)Cc1ncnn1C. The lowest BCUT2D eigenvalue weighted by Crippen LogP contribution is -2.27. The molecule has 0 aliphatic heterocycles. The summed E-state index contributed by atoms with van der Waals surface area (Å²) < 4.78 is 1.69. The summed E-state index contributed by atoms with van der Waals surface area (Å²) in [5.74, 6) is 0.776. The molecule has 1 unspecified atom stereocenters. The maximum Gasteiger partial charge on any atom is 0.138 e. The van der Waals surface area contributed by atoms with Gasteiger partial charge in [0, 0.05) is 13.5 Å². The molecule has 1 aromatic heterocycles. The highest BCUT2D eigenvalue weighted by Crippen LogP contribution is 2.26. The summed E-state index contributed by atoms with van der Waals surface area (Å²) in [5, 5.41) is 14.6. The van der Waals surface area contributed by atoms with Crippen molar-refractivity contribution in [3.8, 4) is 0 Å². The average molecular weight is 231 g/mol. The third-order valence-electron chi connectivity index (χ3n) is 3.03. The number of aliphatic hydroxyl groups is 1. The van der Waals surface area contributed by atoms with E-state index < -0.39 is 5.60 Å². The molecule has 1 heterocycles. The number of hydrogen-bond acceptors (Lipinski definition) is 3. The average Bonchev–Trinajstić information content (AvgIpc) is 2.64. The van der Waals surface area contributed by atoms with Gasteiger partial charge in [-0.3, -0.25) is 4.68 Å². The Morgan fingerprint density at radius 3 is 2.65 bits per heavy atom. The third kappa shape index (κ3) is 2.36. The lowest BCUT2D eigenvalue weighted by Gasteiger charge is -2.25. The van der Waals surface area contributed by atoms with Gasteiger partial charge in [-0.25, -0.2) is 4.98 Å². The van der Waals surface area contributed by atoms with Gasteiger partial charge in [0.1, 0.15) is 12.2 Å². The van der Waals surface area contributed by atoms with E-state index in [-0.39, 0.29) is 0 Å². The predicted molar refractivity (Wildman–Crippen MR) is 65.5 cm³/mol. The van der Waals surface area contributed by atoms with Gasteiger partial charge in [0.05, 0.1) is 5.60 Å². The van der Waals surface area contributed by atoms with Crippen LogP contribution in [-0.2, 0) is 19.1 Å². The largest absolute Gasteiger partial charge is 0.385 e. The summed E-state index contributed by atoms with van der Waals surface area (Å²) in [7, 11) is 1.83. The van der Waals surface area contributed by atoms with Gasteiger partial charge in [0.15, 0.2) is 0 Å². The molecule has 0 saturated carbocycles. The molecule has 1 aromatic carbocycles. The summed E-state index contributed by atoms with van der Waals surface area (Å²) in [6.45, 7) is 3.81. The van der Waals surface area contributed by atoms with Crippen molar-refractivity contribution in [1.29, 1.82) is 0 Å². The van der Waals surface area contributed by atoms with E-state index in [2.05, 4.69) is 10.1 Å². The molecule has 0 aliphatic carbocycles. The molecule has 4 heteroatoms. The summed E-state index contributed by atoms with van der Waals surface area (Å²) in [5.41, 5.74) is 1.09. The molecule has 1 atom stereocenters. The van der Waals surface area contributed by atoms with E-state index in [0.29, 0.717) is 6.42 Å². The van der Waals surface area contributed by atoms with Crippen LogP contribution in [0.15, 0.2) is 30.6 Å². The molecule has 90 valence electrons. The molecule has 0 fully saturated rings. The minimum Gasteiger partial charge on any atom is -0.385 e. The van der Waals surface area contributed by atoms with Gasteiger partial charge in [-0.2, -0.15) is 5.10 Å². The predicted octanol–water partition coefficient (Wildman–Crippen LogP) is 1.57. The first kappa shape index (κ1) is 11.8. The first-order valence-corrected chi connectivity index (χ1v) is 5.62. The van der Waals surface area contributed by atoms with Crippen LogP contribution >= 0.6 is 0 Å². The number of benzene rings is 1. The van der Waals surface area contributed by atoms with Crippen LogP contribution in [-0.4, -0.2) is 19.9 Å². The highest BCUT2D eigenvalue weighted by atomic mass is 16.3. The Kier molecular flexibility index (Phi) is 2.98.